The van der Waals surface area contributed by atoms with E-state index in [1.807, 2.05) is 24.3 Å². The van der Waals surface area contributed by atoms with Gasteiger partial charge in [-0.3, -0.25) is 0 Å². The lowest BCUT2D eigenvalue weighted by molar-refractivity contribution is 0.285. The first-order chi connectivity index (χ1) is 13.2. The Labute approximate surface area is 155 Å². The van der Waals surface area contributed by atoms with Gasteiger partial charge in [0.1, 0.15) is 0 Å². The van der Waals surface area contributed by atoms with Crippen molar-refractivity contribution in [3.05, 3.63) is 53.6 Å². The molecule has 3 aromatic carbocycles. The lowest BCUT2D eigenvalue weighted by atomic mass is 10.0. The van der Waals surface area contributed by atoms with E-state index in [4.69, 9.17) is 9.15 Å². The summed E-state index contributed by atoms with van der Waals surface area (Å²) in [5.74, 6) is -0.296. The zero-order valence-corrected chi connectivity index (χ0v) is 15.1. The highest BCUT2D eigenvalue weighted by Gasteiger charge is 2.24. The Morgan fingerprint density at radius 3 is 2.56 bits per heavy atom. The maximum absolute atomic E-state index is 15.2. The van der Waals surface area contributed by atoms with Gasteiger partial charge in [0, 0.05) is 16.2 Å². The normalized spacial score (nSPS) is 14.5. The molecule has 0 spiro atoms. The second-order valence-corrected chi connectivity index (χ2v) is 7.48. The molecule has 0 amide bonds. The van der Waals surface area contributed by atoms with Gasteiger partial charge in [0.25, 0.3) is 0 Å². The van der Waals surface area contributed by atoms with Crippen LogP contribution in [0.3, 0.4) is 0 Å². The van der Waals surface area contributed by atoms with Crippen molar-refractivity contribution in [2.45, 2.75) is 32.6 Å². The molecule has 2 nitrogen and oxygen atoms in total. The molecular weight excluding hydrogens is 346 g/mol. The van der Waals surface area contributed by atoms with Crippen LogP contribution in [-0.2, 0) is 6.42 Å². The maximum Gasteiger partial charge on any atom is 0.208 e. The first kappa shape index (κ1) is 16.5. The van der Waals surface area contributed by atoms with Gasteiger partial charge < -0.3 is 9.15 Å². The summed E-state index contributed by atoms with van der Waals surface area (Å²) in [7, 11) is 0. The smallest absolute Gasteiger partial charge is 0.208 e. The lowest BCUT2D eigenvalue weighted by Gasteiger charge is -2.06. The third-order valence-electron chi connectivity index (χ3n) is 5.36. The molecule has 0 saturated heterocycles. The molecule has 1 saturated carbocycles. The molecule has 1 aliphatic carbocycles. The molecule has 0 unspecified atom stereocenters. The van der Waals surface area contributed by atoms with E-state index in [0.29, 0.717) is 28.7 Å². The molecule has 27 heavy (non-hydrogen) atoms. The Morgan fingerprint density at radius 2 is 1.78 bits per heavy atom. The van der Waals surface area contributed by atoms with Crippen LogP contribution >= 0.6 is 0 Å². The molecule has 0 radical (unpaired) electrons. The van der Waals surface area contributed by atoms with E-state index in [2.05, 4.69) is 6.92 Å². The van der Waals surface area contributed by atoms with Gasteiger partial charge in [-0.05, 0) is 60.4 Å². The molecule has 0 atom stereocenters. The molecule has 0 bridgehead atoms. The Hall–Kier alpha value is -2.62. The molecule has 138 valence electrons. The van der Waals surface area contributed by atoms with E-state index < -0.39 is 11.6 Å². The van der Waals surface area contributed by atoms with Crippen LogP contribution in [0.1, 0.15) is 31.7 Å². The summed E-state index contributed by atoms with van der Waals surface area (Å²) in [4.78, 5) is 0. The summed E-state index contributed by atoms with van der Waals surface area (Å²) in [6.07, 6.45) is 4.15. The van der Waals surface area contributed by atoms with Gasteiger partial charge in [0.05, 0.1) is 6.61 Å². The molecule has 4 heteroatoms. The Morgan fingerprint density at radius 1 is 0.963 bits per heavy atom. The minimum Gasteiger partial charge on any atom is -0.490 e. The van der Waals surface area contributed by atoms with Gasteiger partial charge in [-0.15, -0.1) is 0 Å². The average Bonchev–Trinajstić information content (AvgIpc) is 3.42. The molecule has 0 N–H and O–H groups in total. The van der Waals surface area contributed by atoms with Crippen LogP contribution in [0.25, 0.3) is 32.7 Å². The lowest BCUT2D eigenvalue weighted by Crippen LogP contribution is -2.00. The van der Waals surface area contributed by atoms with Crippen molar-refractivity contribution in [2.24, 2.45) is 5.92 Å². The van der Waals surface area contributed by atoms with E-state index in [1.54, 1.807) is 12.1 Å². The standard InChI is InChI=1S/C23H20F2O2/c1-2-3-13-6-7-15-11-18-16-8-9-19(26-12-14-4-5-14)21(25)22(16)27-23(18)20(24)17(15)10-13/h6-11,14H,2-5,12H2,1H3. The number of fused-ring (bicyclic) bond motifs is 4. The van der Waals surface area contributed by atoms with E-state index in [0.717, 1.165) is 36.6 Å². The molecular formula is C23H20F2O2. The van der Waals surface area contributed by atoms with Crippen LogP contribution in [-0.4, -0.2) is 6.61 Å². The van der Waals surface area contributed by atoms with Gasteiger partial charge in [-0.1, -0.05) is 25.5 Å². The average molecular weight is 366 g/mol. The molecule has 1 heterocycles. The van der Waals surface area contributed by atoms with Crippen molar-refractivity contribution in [2.75, 3.05) is 6.61 Å². The highest BCUT2D eigenvalue weighted by molar-refractivity contribution is 6.10. The molecule has 4 aromatic rings. The van der Waals surface area contributed by atoms with E-state index in [1.165, 1.54) is 0 Å². The number of hydrogen-bond acceptors (Lipinski definition) is 2. The summed E-state index contributed by atoms with van der Waals surface area (Å²) in [6, 6.07) is 11.0. The monoisotopic (exact) mass is 366 g/mol. The summed E-state index contributed by atoms with van der Waals surface area (Å²) in [5, 5.41) is 2.46. The van der Waals surface area contributed by atoms with Crippen molar-refractivity contribution < 1.29 is 17.9 Å². The number of rotatable bonds is 5. The zero-order chi connectivity index (χ0) is 18.5. The minimum atomic E-state index is -0.556. The Balaban J connectivity index is 1.69. The van der Waals surface area contributed by atoms with Crippen LogP contribution in [0.15, 0.2) is 40.8 Å². The van der Waals surface area contributed by atoms with Crippen molar-refractivity contribution in [3.8, 4) is 5.75 Å². The fourth-order valence-corrected chi connectivity index (χ4v) is 3.68. The van der Waals surface area contributed by atoms with E-state index in [9.17, 15) is 4.39 Å². The van der Waals surface area contributed by atoms with Crippen molar-refractivity contribution in [1.82, 2.24) is 0 Å². The van der Waals surface area contributed by atoms with Crippen LogP contribution in [0.4, 0.5) is 8.78 Å². The van der Waals surface area contributed by atoms with Crippen molar-refractivity contribution in [3.63, 3.8) is 0 Å². The number of aryl methyl sites for hydroxylation is 1. The second-order valence-electron chi connectivity index (χ2n) is 7.48. The van der Waals surface area contributed by atoms with Gasteiger partial charge >= 0.3 is 0 Å². The minimum absolute atomic E-state index is 0.0567. The van der Waals surface area contributed by atoms with Crippen LogP contribution in [0.2, 0.25) is 0 Å². The van der Waals surface area contributed by atoms with Crippen molar-refractivity contribution >= 4 is 32.7 Å². The van der Waals surface area contributed by atoms with Gasteiger partial charge in [0.2, 0.25) is 5.82 Å². The summed E-state index contributed by atoms with van der Waals surface area (Å²) in [6.45, 7) is 2.61. The van der Waals surface area contributed by atoms with E-state index >= 15 is 4.39 Å². The summed E-state index contributed by atoms with van der Waals surface area (Å²) >= 11 is 0. The summed E-state index contributed by atoms with van der Waals surface area (Å²) in [5.41, 5.74) is 1.24. The first-order valence-electron chi connectivity index (χ1n) is 9.54. The van der Waals surface area contributed by atoms with Crippen LogP contribution in [0, 0.1) is 17.6 Å². The SMILES string of the molecule is CCCc1ccc2cc3c(oc4c(F)c(OCC5CC5)ccc43)c(F)c2c1. The predicted molar refractivity (Wildman–Crippen MR) is 103 cm³/mol. The first-order valence-corrected chi connectivity index (χ1v) is 9.54. The third kappa shape index (κ3) is 2.75. The summed E-state index contributed by atoms with van der Waals surface area (Å²) < 4.78 is 41.3. The fraction of sp³-hybridized carbons (Fsp3) is 0.304. The molecule has 1 aliphatic rings. The maximum atomic E-state index is 15.2. The number of halogens is 2. The van der Waals surface area contributed by atoms with Crippen LogP contribution < -0.4 is 4.74 Å². The zero-order valence-electron chi connectivity index (χ0n) is 15.1. The fourth-order valence-electron chi connectivity index (χ4n) is 3.68. The number of furan rings is 1. The Kier molecular flexibility index (Phi) is 3.81. The quantitative estimate of drug-likeness (QED) is 0.389. The van der Waals surface area contributed by atoms with Gasteiger partial charge in [-0.25, -0.2) is 4.39 Å². The largest absolute Gasteiger partial charge is 0.490 e. The highest BCUT2D eigenvalue weighted by Crippen LogP contribution is 2.39. The highest BCUT2D eigenvalue weighted by atomic mass is 19.1. The number of hydrogen-bond donors (Lipinski definition) is 0. The predicted octanol–water partition coefficient (Wildman–Crippen LogP) is 6.76. The van der Waals surface area contributed by atoms with E-state index in [-0.39, 0.29) is 16.9 Å². The van der Waals surface area contributed by atoms with Crippen molar-refractivity contribution in [1.29, 1.82) is 0 Å². The molecule has 1 fully saturated rings. The molecule has 5 rings (SSSR count). The molecule has 0 aliphatic heterocycles. The third-order valence-corrected chi connectivity index (χ3v) is 5.36. The van der Waals surface area contributed by atoms with Crippen LogP contribution in [0.5, 0.6) is 5.75 Å². The molecule has 1 aromatic heterocycles. The van der Waals surface area contributed by atoms with Gasteiger partial charge in [0.15, 0.2) is 22.7 Å². The number of ether oxygens (including phenoxy) is 1. The van der Waals surface area contributed by atoms with Gasteiger partial charge in [-0.2, -0.15) is 4.39 Å². The second kappa shape index (κ2) is 6.22. The Bertz CT molecular complexity index is 1170. The number of benzene rings is 3. The topological polar surface area (TPSA) is 22.4 Å².